The first-order chi connectivity index (χ1) is 14.7. The minimum absolute atomic E-state index is 0.287. The molecule has 0 unspecified atom stereocenters. The lowest BCUT2D eigenvalue weighted by Crippen LogP contribution is -2.22. The van der Waals surface area contributed by atoms with Crippen LogP contribution in [-0.4, -0.2) is 24.2 Å². The van der Waals surface area contributed by atoms with Gasteiger partial charge in [0.25, 0.3) is 5.91 Å². The van der Waals surface area contributed by atoms with Gasteiger partial charge < -0.3 is 9.30 Å². The van der Waals surface area contributed by atoms with Gasteiger partial charge in [0.15, 0.2) is 4.80 Å². The molecule has 0 aliphatic carbocycles. The van der Waals surface area contributed by atoms with E-state index in [2.05, 4.69) is 4.99 Å². The van der Waals surface area contributed by atoms with Gasteiger partial charge in [-0.3, -0.25) is 4.79 Å². The molecule has 0 saturated heterocycles. The Labute approximate surface area is 177 Å². The van der Waals surface area contributed by atoms with Gasteiger partial charge in [0.2, 0.25) is 0 Å². The van der Waals surface area contributed by atoms with Crippen LogP contribution in [0.25, 0.3) is 10.2 Å². The predicted octanol–water partition coefficient (Wildman–Crippen LogP) is 4.75. The molecule has 0 atom stereocenters. The highest BCUT2D eigenvalue weighted by Crippen LogP contribution is 2.26. The standard InChI is InChI=1S/C24H21FN2O2S/c1-29-16-15-27-22-19(25)13-8-14-20(22)30-24(27)26-23(28)21(17-9-4-2-5-10-17)18-11-6-3-7-12-18/h2-14,21H,15-16H2,1H3. The van der Waals surface area contributed by atoms with E-state index < -0.39 is 5.92 Å². The minimum Gasteiger partial charge on any atom is -0.383 e. The van der Waals surface area contributed by atoms with E-state index in [1.165, 1.54) is 17.4 Å². The third kappa shape index (κ3) is 4.10. The summed E-state index contributed by atoms with van der Waals surface area (Å²) in [5.74, 6) is -1.15. The molecule has 0 spiro atoms. The molecule has 1 amide bonds. The molecule has 0 bridgehead atoms. The third-order valence-corrected chi connectivity index (χ3v) is 5.93. The third-order valence-electron chi connectivity index (χ3n) is 4.89. The van der Waals surface area contributed by atoms with Crippen LogP contribution in [0.1, 0.15) is 17.0 Å². The van der Waals surface area contributed by atoms with Gasteiger partial charge in [-0.15, -0.1) is 0 Å². The molecule has 152 valence electrons. The Bertz CT molecular complexity index is 1180. The van der Waals surface area contributed by atoms with Crippen molar-refractivity contribution >= 4 is 27.5 Å². The predicted molar refractivity (Wildman–Crippen MR) is 117 cm³/mol. The van der Waals surface area contributed by atoms with Crippen molar-refractivity contribution < 1.29 is 13.9 Å². The summed E-state index contributed by atoms with van der Waals surface area (Å²) in [6.45, 7) is 0.799. The van der Waals surface area contributed by atoms with E-state index in [9.17, 15) is 9.18 Å². The highest BCUT2D eigenvalue weighted by atomic mass is 32.1. The van der Waals surface area contributed by atoms with Gasteiger partial charge in [-0.1, -0.05) is 78.1 Å². The summed E-state index contributed by atoms with van der Waals surface area (Å²) in [5, 5.41) is 0. The molecule has 3 aromatic carbocycles. The number of nitrogens with zero attached hydrogens (tertiary/aromatic N) is 2. The number of carbonyl (C=O) groups excluding carboxylic acids is 1. The van der Waals surface area contributed by atoms with Gasteiger partial charge in [0.1, 0.15) is 5.82 Å². The average Bonchev–Trinajstić information content (AvgIpc) is 3.12. The van der Waals surface area contributed by atoms with Crippen LogP contribution >= 0.6 is 11.3 Å². The quantitative estimate of drug-likeness (QED) is 0.452. The summed E-state index contributed by atoms with van der Waals surface area (Å²) in [4.78, 5) is 18.3. The van der Waals surface area contributed by atoms with Crippen molar-refractivity contribution in [3.05, 3.63) is 101 Å². The van der Waals surface area contributed by atoms with E-state index in [1.54, 1.807) is 17.7 Å². The summed E-state index contributed by atoms with van der Waals surface area (Å²) in [7, 11) is 1.59. The lowest BCUT2D eigenvalue weighted by atomic mass is 9.91. The fourth-order valence-corrected chi connectivity index (χ4v) is 4.57. The van der Waals surface area contributed by atoms with Crippen LogP contribution in [0, 0.1) is 5.82 Å². The Morgan fingerprint density at radius 3 is 2.23 bits per heavy atom. The van der Waals surface area contributed by atoms with E-state index in [1.807, 2.05) is 66.7 Å². The van der Waals surface area contributed by atoms with Gasteiger partial charge in [-0.25, -0.2) is 4.39 Å². The van der Waals surface area contributed by atoms with Crippen molar-refractivity contribution in [2.24, 2.45) is 4.99 Å². The van der Waals surface area contributed by atoms with Gasteiger partial charge >= 0.3 is 0 Å². The number of carbonyl (C=O) groups is 1. The summed E-state index contributed by atoms with van der Waals surface area (Å²) in [6.07, 6.45) is 0. The highest BCUT2D eigenvalue weighted by Gasteiger charge is 2.23. The normalized spacial score (nSPS) is 12.0. The number of amides is 1. The monoisotopic (exact) mass is 420 g/mol. The summed E-state index contributed by atoms with van der Waals surface area (Å²) >= 11 is 1.30. The van der Waals surface area contributed by atoms with Gasteiger partial charge in [0, 0.05) is 13.7 Å². The lowest BCUT2D eigenvalue weighted by Gasteiger charge is -2.14. The van der Waals surface area contributed by atoms with E-state index in [4.69, 9.17) is 4.74 Å². The van der Waals surface area contributed by atoms with E-state index in [-0.39, 0.29) is 11.7 Å². The summed E-state index contributed by atoms with van der Waals surface area (Å²) in [5.41, 5.74) is 2.18. The fraction of sp³-hybridized carbons (Fsp3) is 0.167. The molecule has 0 aliphatic heterocycles. The molecule has 1 aromatic heterocycles. The van der Waals surface area contributed by atoms with Crippen molar-refractivity contribution in [1.29, 1.82) is 0 Å². The number of halogens is 1. The van der Waals surface area contributed by atoms with Crippen LogP contribution in [-0.2, 0) is 16.1 Å². The van der Waals surface area contributed by atoms with Crippen molar-refractivity contribution in [1.82, 2.24) is 4.57 Å². The molecule has 30 heavy (non-hydrogen) atoms. The van der Waals surface area contributed by atoms with E-state index in [0.717, 1.165) is 15.8 Å². The molecule has 0 fully saturated rings. The average molecular weight is 421 g/mol. The number of ether oxygens (including phenoxy) is 1. The maximum Gasteiger partial charge on any atom is 0.260 e. The molecular formula is C24H21FN2O2S. The van der Waals surface area contributed by atoms with Crippen molar-refractivity contribution in [3.8, 4) is 0 Å². The smallest absolute Gasteiger partial charge is 0.260 e. The second kappa shape index (κ2) is 9.15. The topological polar surface area (TPSA) is 43.6 Å². The summed E-state index contributed by atoms with van der Waals surface area (Å²) in [6, 6.07) is 24.1. The Morgan fingerprint density at radius 2 is 1.63 bits per heavy atom. The van der Waals surface area contributed by atoms with Gasteiger partial charge in [-0.2, -0.15) is 4.99 Å². The summed E-state index contributed by atoms with van der Waals surface area (Å²) < 4.78 is 22.2. The molecule has 4 aromatic rings. The van der Waals surface area contributed by atoms with Crippen LogP contribution in [0.3, 0.4) is 0 Å². The van der Waals surface area contributed by atoms with Crippen LogP contribution in [0.5, 0.6) is 0 Å². The van der Waals surface area contributed by atoms with Crippen LogP contribution in [0.2, 0.25) is 0 Å². The number of rotatable bonds is 6. The zero-order chi connectivity index (χ0) is 20.9. The number of para-hydroxylation sites is 1. The van der Waals surface area contributed by atoms with Crippen molar-refractivity contribution in [2.45, 2.75) is 12.5 Å². The van der Waals surface area contributed by atoms with E-state index in [0.29, 0.717) is 23.5 Å². The number of hydrogen-bond acceptors (Lipinski definition) is 3. The number of hydrogen-bond donors (Lipinski definition) is 0. The zero-order valence-corrected chi connectivity index (χ0v) is 17.3. The number of methoxy groups -OCH3 is 1. The van der Waals surface area contributed by atoms with E-state index >= 15 is 0 Å². The number of thiazole rings is 1. The largest absolute Gasteiger partial charge is 0.383 e. The van der Waals surface area contributed by atoms with Crippen molar-refractivity contribution in [3.63, 3.8) is 0 Å². The Balaban J connectivity index is 1.85. The van der Waals surface area contributed by atoms with Crippen LogP contribution < -0.4 is 4.80 Å². The molecule has 1 heterocycles. The SMILES string of the molecule is COCCn1c(=NC(=O)C(c2ccccc2)c2ccccc2)sc2cccc(F)c21. The lowest BCUT2D eigenvalue weighted by molar-refractivity contribution is -0.118. The Morgan fingerprint density at radius 1 is 1.00 bits per heavy atom. The first kappa shape index (κ1) is 20.2. The number of fused-ring (bicyclic) bond motifs is 1. The van der Waals surface area contributed by atoms with Crippen LogP contribution in [0.15, 0.2) is 83.9 Å². The zero-order valence-electron chi connectivity index (χ0n) is 16.5. The van der Waals surface area contributed by atoms with Crippen molar-refractivity contribution in [2.75, 3.05) is 13.7 Å². The molecule has 4 rings (SSSR count). The van der Waals surface area contributed by atoms with Crippen LogP contribution in [0.4, 0.5) is 4.39 Å². The molecule has 6 heteroatoms. The first-order valence-corrected chi connectivity index (χ1v) is 10.5. The second-order valence-corrected chi connectivity index (χ2v) is 7.83. The van der Waals surface area contributed by atoms with Gasteiger partial charge in [0.05, 0.1) is 22.7 Å². The molecule has 4 nitrogen and oxygen atoms in total. The Kier molecular flexibility index (Phi) is 6.16. The highest BCUT2D eigenvalue weighted by molar-refractivity contribution is 7.16. The Hall–Kier alpha value is -3.09. The van der Waals surface area contributed by atoms with Gasteiger partial charge in [-0.05, 0) is 23.3 Å². The maximum atomic E-state index is 14.5. The molecule has 0 saturated carbocycles. The number of benzene rings is 3. The molecule has 0 radical (unpaired) electrons. The fourth-order valence-electron chi connectivity index (χ4n) is 3.49. The molecule has 0 aliphatic rings. The maximum absolute atomic E-state index is 14.5. The minimum atomic E-state index is -0.529. The first-order valence-electron chi connectivity index (χ1n) is 9.64. The second-order valence-electron chi connectivity index (χ2n) is 6.82. The molecule has 0 N–H and O–H groups in total. The number of aromatic nitrogens is 1. The molecular weight excluding hydrogens is 399 g/mol.